The van der Waals surface area contributed by atoms with Crippen LogP contribution in [0.1, 0.15) is 1.37 Å². The Morgan fingerprint density at radius 2 is 0.875 bits per heavy atom. The third kappa shape index (κ3) is 1.82. The second-order valence-corrected chi connectivity index (χ2v) is 3.91. The molecular formula is C16H12. The summed E-state index contributed by atoms with van der Waals surface area (Å²) in [5, 5.41) is 4.35. The van der Waals surface area contributed by atoms with E-state index in [0.29, 0.717) is 6.05 Å². The number of rotatable bonds is 0. The fraction of sp³-hybridized carbons (Fsp3) is 0. The zero-order valence-corrected chi connectivity index (χ0v) is 8.85. The van der Waals surface area contributed by atoms with Crippen LogP contribution in [0, 0.1) is 0 Å². The van der Waals surface area contributed by atoms with Gasteiger partial charge in [0.05, 0.1) is 1.37 Å². The Morgan fingerprint density at radius 3 is 1.38 bits per heavy atom. The summed E-state index contributed by atoms with van der Waals surface area (Å²) >= 11 is 0. The third-order valence-electron chi connectivity index (χ3n) is 2.72. The first-order chi connectivity index (χ1) is 8.31. The molecule has 2 aromatic rings. The number of hydrogen-bond acceptors (Lipinski definition) is 0. The van der Waals surface area contributed by atoms with Gasteiger partial charge in [0.2, 0.25) is 0 Å². The van der Waals surface area contributed by atoms with Gasteiger partial charge in [0, 0.05) is 0 Å². The first-order valence-electron chi connectivity index (χ1n) is 5.88. The average molecular weight is 205 g/mol. The molecule has 0 aliphatic heterocycles. The van der Waals surface area contributed by atoms with Crippen molar-refractivity contribution in [3.63, 3.8) is 0 Å². The lowest BCUT2D eigenvalue weighted by Crippen LogP contribution is -2.10. The first kappa shape index (κ1) is 8.12. The molecule has 2 aromatic carbocycles. The normalized spacial score (nSPS) is 14.0. The molecule has 0 nitrogen and oxygen atoms in total. The summed E-state index contributed by atoms with van der Waals surface area (Å²) in [4.78, 5) is 0. The summed E-state index contributed by atoms with van der Waals surface area (Å²) < 4.78 is 8.04. The second kappa shape index (κ2) is 3.82. The Labute approximate surface area is 95.6 Å². The van der Waals surface area contributed by atoms with Gasteiger partial charge < -0.3 is 0 Å². The van der Waals surface area contributed by atoms with Crippen LogP contribution in [0.25, 0.3) is 24.3 Å². The molecule has 0 atom stereocenters. The van der Waals surface area contributed by atoms with Crippen molar-refractivity contribution in [3.8, 4) is 0 Å². The van der Waals surface area contributed by atoms with Gasteiger partial charge in [-0.3, -0.25) is 0 Å². The molecule has 0 fully saturated rings. The smallest absolute Gasteiger partial charge is 0.0544 e. The van der Waals surface area contributed by atoms with Crippen molar-refractivity contribution in [2.75, 3.05) is 0 Å². The summed E-state index contributed by atoms with van der Waals surface area (Å²) in [6.07, 6.45) is 6.09. The SMILES string of the molecule is [2H]C1=c2ccc(cc2)=CC=c2ccc(cc2)=C1. The van der Waals surface area contributed by atoms with Crippen LogP contribution >= 0.6 is 0 Å². The van der Waals surface area contributed by atoms with Crippen molar-refractivity contribution in [1.82, 2.24) is 0 Å². The fourth-order valence-corrected chi connectivity index (χ4v) is 1.75. The molecule has 4 bridgehead atoms. The highest BCUT2D eigenvalue weighted by Crippen LogP contribution is 1.80. The van der Waals surface area contributed by atoms with Crippen LogP contribution < -0.4 is 20.9 Å². The second-order valence-electron chi connectivity index (χ2n) is 3.91. The minimum Gasteiger partial charge on any atom is -0.0544 e. The van der Waals surface area contributed by atoms with E-state index in [9.17, 15) is 0 Å². The molecule has 0 heteroatoms. The van der Waals surface area contributed by atoms with E-state index in [1.807, 2.05) is 42.5 Å². The lowest BCUT2D eigenvalue weighted by atomic mass is 10.2. The maximum Gasteiger partial charge on any atom is 0.0629 e. The zero-order valence-electron chi connectivity index (χ0n) is 9.85. The maximum absolute atomic E-state index is 8.04. The van der Waals surface area contributed by atoms with Crippen LogP contribution in [0.3, 0.4) is 0 Å². The van der Waals surface area contributed by atoms with Crippen LogP contribution in [-0.4, -0.2) is 0 Å². The molecule has 6 rings (SSSR count). The van der Waals surface area contributed by atoms with Crippen molar-refractivity contribution in [1.29, 1.82) is 0 Å². The lowest BCUT2D eigenvalue weighted by molar-refractivity contribution is 1.53. The topological polar surface area (TPSA) is 0 Å². The van der Waals surface area contributed by atoms with Crippen molar-refractivity contribution in [2.24, 2.45) is 0 Å². The minimum atomic E-state index is 0.550. The van der Waals surface area contributed by atoms with E-state index in [1.165, 1.54) is 5.22 Å². The van der Waals surface area contributed by atoms with E-state index >= 15 is 0 Å². The fourth-order valence-electron chi connectivity index (χ4n) is 1.75. The lowest BCUT2D eigenvalue weighted by Gasteiger charge is -1.90. The highest BCUT2D eigenvalue weighted by Gasteiger charge is 1.83. The molecule has 0 unspecified atom stereocenters. The van der Waals surface area contributed by atoms with Gasteiger partial charge in [-0.2, -0.15) is 0 Å². The summed E-state index contributed by atoms with van der Waals surface area (Å²) in [6, 6.07) is 16.9. The molecular weight excluding hydrogens is 192 g/mol. The molecule has 16 heavy (non-hydrogen) atoms. The largest absolute Gasteiger partial charge is 0.0629 e. The maximum atomic E-state index is 8.04. The summed E-state index contributed by atoms with van der Waals surface area (Å²) in [5.41, 5.74) is 0. The van der Waals surface area contributed by atoms with Gasteiger partial charge in [-0.15, -0.1) is 0 Å². The van der Waals surface area contributed by atoms with Crippen molar-refractivity contribution < 1.29 is 1.37 Å². The van der Waals surface area contributed by atoms with Crippen LogP contribution in [0.5, 0.6) is 0 Å². The number of hydrogen-bond donors (Lipinski definition) is 0. The van der Waals surface area contributed by atoms with E-state index in [0.717, 1.165) is 15.7 Å². The predicted octanol–water partition coefficient (Wildman–Crippen LogP) is 0.522. The first-order valence-corrected chi connectivity index (χ1v) is 5.38. The van der Waals surface area contributed by atoms with Gasteiger partial charge in [-0.05, 0) is 20.9 Å². The molecule has 0 saturated carbocycles. The highest BCUT2D eigenvalue weighted by molar-refractivity contribution is 5.63. The van der Waals surface area contributed by atoms with E-state index in [4.69, 9.17) is 1.37 Å². The third-order valence-corrected chi connectivity index (χ3v) is 2.72. The van der Waals surface area contributed by atoms with Gasteiger partial charge >= 0.3 is 0 Å². The summed E-state index contributed by atoms with van der Waals surface area (Å²) in [5.74, 6) is 0. The standard InChI is InChI=1S/C16H12/c1-2-14-4-3-13(1)9-10-15-5-7-16(8-6-15)12-11-14/h1-12H/i9D. The Bertz CT molecular complexity index is 751. The molecule has 0 spiro atoms. The Hall–Kier alpha value is -2.08. The van der Waals surface area contributed by atoms with Crippen LogP contribution in [0.4, 0.5) is 0 Å². The Balaban J connectivity index is 2.49. The van der Waals surface area contributed by atoms with Gasteiger partial charge in [-0.25, -0.2) is 0 Å². The summed E-state index contributed by atoms with van der Waals surface area (Å²) in [6.45, 7) is 0. The minimum absolute atomic E-state index is 0.550. The van der Waals surface area contributed by atoms with Crippen LogP contribution in [0.15, 0.2) is 48.5 Å². The molecule has 0 aromatic heterocycles. The molecule has 0 radical (unpaired) electrons. The predicted molar refractivity (Wildman–Crippen MR) is 69.2 cm³/mol. The van der Waals surface area contributed by atoms with Gasteiger partial charge in [0.1, 0.15) is 0 Å². The van der Waals surface area contributed by atoms with Gasteiger partial charge in [-0.1, -0.05) is 72.8 Å². The molecule has 0 amide bonds. The van der Waals surface area contributed by atoms with Gasteiger partial charge in [0.15, 0.2) is 0 Å². The molecule has 0 heterocycles. The molecule has 76 valence electrons. The molecule has 4 aliphatic rings. The van der Waals surface area contributed by atoms with Crippen molar-refractivity contribution in [2.45, 2.75) is 0 Å². The van der Waals surface area contributed by atoms with Crippen LogP contribution in [0.2, 0.25) is 0 Å². The van der Waals surface area contributed by atoms with Crippen molar-refractivity contribution >= 4 is 24.3 Å². The monoisotopic (exact) mass is 205 g/mol. The highest BCUT2D eigenvalue weighted by atomic mass is 13.9. The molecule has 0 N–H and O–H groups in total. The van der Waals surface area contributed by atoms with E-state index in [-0.39, 0.29) is 0 Å². The van der Waals surface area contributed by atoms with E-state index < -0.39 is 0 Å². The molecule has 0 saturated heterocycles. The molecule has 4 aliphatic carbocycles. The van der Waals surface area contributed by atoms with E-state index in [2.05, 4.69) is 24.3 Å². The Kier molecular flexibility index (Phi) is 1.94. The Morgan fingerprint density at radius 1 is 0.500 bits per heavy atom. The average Bonchev–Trinajstić information content (AvgIpc) is 2.36. The summed E-state index contributed by atoms with van der Waals surface area (Å²) in [7, 11) is 0. The zero-order chi connectivity index (χ0) is 11.7. The van der Waals surface area contributed by atoms with Crippen LogP contribution in [-0.2, 0) is 0 Å². The van der Waals surface area contributed by atoms with Gasteiger partial charge in [0.25, 0.3) is 0 Å². The van der Waals surface area contributed by atoms with E-state index in [1.54, 1.807) is 0 Å². The van der Waals surface area contributed by atoms with Crippen molar-refractivity contribution in [3.05, 3.63) is 69.4 Å². The quantitative estimate of drug-likeness (QED) is 0.588. The number of benzene rings is 2.